The maximum Gasteiger partial charge on any atom is 0.227 e. The molecule has 2 aromatic rings. The highest BCUT2D eigenvalue weighted by atomic mass is 16.5. The van der Waals surface area contributed by atoms with E-state index in [4.69, 9.17) is 10.5 Å². The van der Waals surface area contributed by atoms with Gasteiger partial charge in [0.05, 0.1) is 25.3 Å². The summed E-state index contributed by atoms with van der Waals surface area (Å²) in [5.74, 6) is 0.150. The number of hydrogen-bond donors (Lipinski definition) is 1. The van der Waals surface area contributed by atoms with E-state index in [1.54, 1.807) is 0 Å². The molecular formula is C21H25N3O2. The molecule has 136 valence electrons. The van der Waals surface area contributed by atoms with Gasteiger partial charge in [-0.25, -0.2) is 0 Å². The first kappa shape index (κ1) is 17.0. The molecule has 1 atom stereocenters. The van der Waals surface area contributed by atoms with Gasteiger partial charge in [0, 0.05) is 17.9 Å². The van der Waals surface area contributed by atoms with Crippen LogP contribution in [0.4, 0.5) is 5.69 Å². The standard InChI is InChI=1S/C21H25N3O2/c1-14-9-18(22)12-19(23-14)20-13-24(7-8-26-20)21(25)11-15-5-6-16-3-2-4-17(16)10-15/h5-6,9-10,12,20H,2-4,7-8,11,13H2,1H3,(H2,22,23)/t20-/m0/s1. The van der Waals surface area contributed by atoms with E-state index in [1.807, 2.05) is 24.0 Å². The van der Waals surface area contributed by atoms with Crippen LogP contribution in [0.3, 0.4) is 0 Å². The fourth-order valence-electron chi connectivity index (χ4n) is 3.96. The van der Waals surface area contributed by atoms with Gasteiger partial charge in [-0.15, -0.1) is 0 Å². The van der Waals surface area contributed by atoms with Crippen LogP contribution < -0.4 is 5.73 Å². The van der Waals surface area contributed by atoms with Gasteiger partial charge in [0.1, 0.15) is 6.10 Å². The van der Waals surface area contributed by atoms with Crippen molar-refractivity contribution in [3.05, 3.63) is 58.4 Å². The molecule has 1 amide bonds. The molecule has 1 saturated heterocycles. The summed E-state index contributed by atoms with van der Waals surface area (Å²) in [5, 5.41) is 0. The van der Waals surface area contributed by atoms with Crippen LogP contribution in [0.25, 0.3) is 0 Å². The molecule has 2 aliphatic rings. The van der Waals surface area contributed by atoms with Crippen molar-refractivity contribution in [1.82, 2.24) is 9.88 Å². The largest absolute Gasteiger partial charge is 0.399 e. The summed E-state index contributed by atoms with van der Waals surface area (Å²) >= 11 is 0. The molecule has 5 heteroatoms. The van der Waals surface area contributed by atoms with Crippen LogP contribution in [0.1, 0.15) is 40.6 Å². The zero-order chi connectivity index (χ0) is 18.1. The highest BCUT2D eigenvalue weighted by Crippen LogP contribution is 2.25. The van der Waals surface area contributed by atoms with Gasteiger partial charge in [-0.3, -0.25) is 9.78 Å². The number of hydrogen-bond acceptors (Lipinski definition) is 4. The Hall–Kier alpha value is -2.40. The third kappa shape index (κ3) is 3.58. The Kier molecular flexibility index (Phi) is 4.64. The number of nitrogens with zero attached hydrogens (tertiary/aromatic N) is 2. The highest BCUT2D eigenvalue weighted by Gasteiger charge is 2.27. The molecule has 2 heterocycles. The van der Waals surface area contributed by atoms with E-state index in [0.29, 0.717) is 31.8 Å². The van der Waals surface area contributed by atoms with Crippen LogP contribution in [0.2, 0.25) is 0 Å². The van der Waals surface area contributed by atoms with Crippen LogP contribution >= 0.6 is 0 Å². The normalized spacial score (nSPS) is 19.4. The fraction of sp³-hybridized carbons (Fsp3) is 0.429. The number of benzene rings is 1. The molecule has 1 aromatic heterocycles. The summed E-state index contributed by atoms with van der Waals surface area (Å²) in [6.07, 6.45) is 3.77. The Morgan fingerprint density at radius 2 is 2.12 bits per heavy atom. The van der Waals surface area contributed by atoms with Crippen LogP contribution in [0.5, 0.6) is 0 Å². The molecule has 0 bridgehead atoms. The third-order valence-corrected chi connectivity index (χ3v) is 5.26. The Labute approximate surface area is 154 Å². The monoisotopic (exact) mass is 351 g/mol. The maximum absolute atomic E-state index is 12.8. The van der Waals surface area contributed by atoms with Gasteiger partial charge in [-0.1, -0.05) is 18.2 Å². The van der Waals surface area contributed by atoms with E-state index in [-0.39, 0.29) is 12.0 Å². The Morgan fingerprint density at radius 3 is 2.96 bits per heavy atom. The van der Waals surface area contributed by atoms with Crippen molar-refractivity contribution in [2.45, 2.75) is 38.7 Å². The average Bonchev–Trinajstić information content (AvgIpc) is 3.09. The molecule has 0 unspecified atom stereocenters. The van der Waals surface area contributed by atoms with Gasteiger partial charge >= 0.3 is 0 Å². The Balaban J connectivity index is 1.44. The lowest BCUT2D eigenvalue weighted by Crippen LogP contribution is -2.43. The second-order valence-corrected chi connectivity index (χ2v) is 7.30. The lowest BCUT2D eigenvalue weighted by molar-refractivity contribution is -0.138. The maximum atomic E-state index is 12.8. The molecule has 0 saturated carbocycles. The van der Waals surface area contributed by atoms with E-state index in [0.717, 1.165) is 23.4 Å². The van der Waals surface area contributed by atoms with E-state index >= 15 is 0 Å². The first-order valence-corrected chi connectivity index (χ1v) is 9.32. The molecule has 1 fully saturated rings. The van der Waals surface area contributed by atoms with Crippen molar-refractivity contribution in [3.63, 3.8) is 0 Å². The zero-order valence-corrected chi connectivity index (χ0v) is 15.2. The first-order valence-electron chi connectivity index (χ1n) is 9.32. The summed E-state index contributed by atoms with van der Waals surface area (Å²) in [7, 11) is 0. The molecule has 0 spiro atoms. The summed E-state index contributed by atoms with van der Waals surface area (Å²) in [5.41, 5.74) is 12.2. The van der Waals surface area contributed by atoms with E-state index in [9.17, 15) is 4.79 Å². The van der Waals surface area contributed by atoms with Gasteiger partial charge < -0.3 is 15.4 Å². The molecule has 1 aliphatic carbocycles. The number of fused-ring (bicyclic) bond motifs is 1. The zero-order valence-electron chi connectivity index (χ0n) is 15.2. The summed E-state index contributed by atoms with van der Waals surface area (Å²) in [6.45, 7) is 3.59. The minimum atomic E-state index is -0.213. The van der Waals surface area contributed by atoms with E-state index in [2.05, 4.69) is 23.2 Å². The second-order valence-electron chi connectivity index (χ2n) is 7.30. The topological polar surface area (TPSA) is 68.5 Å². The predicted molar refractivity (Wildman–Crippen MR) is 101 cm³/mol. The third-order valence-electron chi connectivity index (χ3n) is 5.26. The molecular weight excluding hydrogens is 326 g/mol. The number of ether oxygens (including phenoxy) is 1. The number of carbonyl (C=O) groups excluding carboxylic acids is 1. The van der Waals surface area contributed by atoms with Crippen molar-refractivity contribution in [1.29, 1.82) is 0 Å². The van der Waals surface area contributed by atoms with Crippen molar-refractivity contribution in [2.75, 3.05) is 25.4 Å². The number of carbonyl (C=O) groups is 1. The Bertz CT molecular complexity index is 814. The van der Waals surface area contributed by atoms with Gasteiger partial charge in [0.25, 0.3) is 0 Å². The number of aromatic nitrogens is 1. The van der Waals surface area contributed by atoms with Crippen LogP contribution in [0.15, 0.2) is 30.3 Å². The molecule has 2 N–H and O–H groups in total. The number of morpholine rings is 1. The predicted octanol–water partition coefficient (Wildman–Crippen LogP) is 2.60. The molecule has 1 aliphatic heterocycles. The van der Waals surface area contributed by atoms with Crippen LogP contribution in [0, 0.1) is 6.92 Å². The number of anilines is 1. The van der Waals surface area contributed by atoms with Gasteiger partial charge in [-0.2, -0.15) is 0 Å². The number of pyridine rings is 1. The van der Waals surface area contributed by atoms with Crippen LogP contribution in [-0.2, 0) is 28.8 Å². The van der Waals surface area contributed by atoms with Gasteiger partial charge in [0.2, 0.25) is 5.91 Å². The number of nitrogens with two attached hydrogens (primary N) is 1. The lowest BCUT2D eigenvalue weighted by Gasteiger charge is -2.33. The molecule has 5 nitrogen and oxygen atoms in total. The van der Waals surface area contributed by atoms with E-state index < -0.39 is 0 Å². The molecule has 4 rings (SSSR count). The van der Waals surface area contributed by atoms with Gasteiger partial charge in [-0.05, 0) is 55.0 Å². The Morgan fingerprint density at radius 1 is 1.27 bits per heavy atom. The van der Waals surface area contributed by atoms with Crippen molar-refractivity contribution < 1.29 is 9.53 Å². The molecule has 26 heavy (non-hydrogen) atoms. The summed E-state index contributed by atoms with van der Waals surface area (Å²) in [6, 6.07) is 10.2. The van der Waals surface area contributed by atoms with E-state index in [1.165, 1.54) is 24.0 Å². The number of rotatable bonds is 3. The SMILES string of the molecule is Cc1cc(N)cc([C@@H]2CN(C(=O)Cc3ccc4c(c3)CCC4)CCO2)n1. The number of amides is 1. The van der Waals surface area contributed by atoms with Crippen molar-refractivity contribution in [3.8, 4) is 0 Å². The molecule has 1 aromatic carbocycles. The summed E-state index contributed by atoms with van der Waals surface area (Å²) in [4.78, 5) is 19.2. The van der Waals surface area contributed by atoms with Crippen molar-refractivity contribution in [2.24, 2.45) is 0 Å². The minimum Gasteiger partial charge on any atom is -0.399 e. The first-order chi connectivity index (χ1) is 12.6. The quantitative estimate of drug-likeness (QED) is 0.923. The molecule has 0 radical (unpaired) electrons. The van der Waals surface area contributed by atoms with Gasteiger partial charge in [0.15, 0.2) is 0 Å². The van der Waals surface area contributed by atoms with Crippen LogP contribution in [-0.4, -0.2) is 35.5 Å². The second kappa shape index (κ2) is 7.08. The fourth-order valence-corrected chi connectivity index (χ4v) is 3.96. The lowest BCUT2D eigenvalue weighted by atomic mass is 10.0. The highest BCUT2D eigenvalue weighted by molar-refractivity contribution is 5.79. The smallest absolute Gasteiger partial charge is 0.227 e. The summed E-state index contributed by atoms with van der Waals surface area (Å²) < 4.78 is 5.85. The van der Waals surface area contributed by atoms with Crippen molar-refractivity contribution >= 4 is 11.6 Å². The minimum absolute atomic E-state index is 0.150. The average molecular weight is 351 g/mol. The number of nitrogen functional groups attached to an aromatic ring is 1. The number of aryl methyl sites for hydroxylation is 3.